The zero-order valence-electron chi connectivity index (χ0n) is 19.5. The summed E-state index contributed by atoms with van der Waals surface area (Å²) in [5, 5.41) is 80.3. The molecule has 0 saturated carbocycles. The maximum Gasteiger partial charge on any atom is 0.113 e. The molecule has 36 heavy (non-hydrogen) atoms. The van der Waals surface area contributed by atoms with E-state index in [0.717, 1.165) is 22.3 Å². The Hall–Kier alpha value is -1.96. The Morgan fingerprint density at radius 1 is 0.556 bits per heavy atom. The molecule has 5 rings (SSSR count). The van der Waals surface area contributed by atoms with Crippen LogP contribution in [0.2, 0.25) is 0 Å². The molecule has 3 aliphatic rings. The first-order valence-corrected chi connectivity index (χ1v) is 12.1. The van der Waals surface area contributed by atoms with Crippen molar-refractivity contribution in [3.8, 4) is 11.1 Å². The van der Waals surface area contributed by atoms with Gasteiger partial charge in [-0.3, -0.25) is 0 Å². The minimum atomic E-state index is -1.45. The van der Waals surface area contributed by atoms with Crippen molar-refractivity contribution in [2.75, 3.05) is 13.2 Å². The number of aryl methyl sites for hydroxylation is 2. The quantitative estimate of drug-likeness (QED) is 0.244. The number of hydrogen-bond donors (Lipinski definition) is 8. The second-order valence-electron chi connectivity index (χ2n) is 9.83. The summed E-state index contributed by atoms with van der Waals surface area (Å²) in [4.78, 5) is 0. The van der Waals surface area contributed by atoms with Gasteiger partial charge < -0.3 is 50.3 Å². The molecule has 0 radical (unpaired) electrons. The molecule has 2 aliphatic heterocycles. The van der Waals surface area contributed by atoms with Gasteiger partial charge in [0.2, 0.25) is 0 Å². The average Bonchev–Trinajstić information content (AvgIpc) is 2.90. The highest BCUT2D eigenvalue weighted by molar-refractivity contribution is 5.74. The smallest absolute Gasteiger partial charge is 0.113 e. The van der Waals surface area contributed by atoms with Gasteiger partial charge in [-0.15, -0.1) is 0 Å². The van der Waals surface area contributed by atoms with Crippen LogP contribution in [0.4, 0.5) is 0 Å². The Balaban J connectivity index is 1.42. The molecule has 8 N–H and O–H groups in total. The van der Waals surface area contributed by atoms with E-state index < -0.39 is 74.3 Å². The van der Waals surface area contributed by atoms with Crippen LogP contribution in [0.5, 0.6) is 0 Å². The highest BCUT2D eigenvalue weighted by atomic mass is 16.6. The van der Waals surface area contributed by atoms with Crippen LogP contribution in [0, 0.1) is 0 Å². The van der Waals surface area contributed by atoms with E-state index in [-0.39, 0.29) is 0 Å². The number of ether oxygens (including phenoxy) is 2. The monoisotopic (exact) mass is 504 g/mol. The molecule has 0 amide bonds. The molecule has 2 aromatic rings. The van der Waals surface area contributed by atoms with Crippen LogP contribution in [-0.2, 0) is 22.3 Å². The summed E-state index contributed by atoms with van der Waals surface area (Å²) in [5.74, 6) is 0. The van der Waals surface area contributed by atoms with Crippen molar-refractivity contribution in [2.45, 2.75) is 73.9 Å². The SMILES string of the molecule is OC[C@H]1O[C@H](c2ccc3c(c2)CCc2cc([C@H]4O[C@H](CO)[C@@H](O)[C@H](O)[C@@H]4O)ccc2-3)[C@@H](O)[C@@H](O)[C@@H]1O. The van der Waals surface area contributed by atoms with Gasteiger partial charge in [0.1, 0.15) is 61.0 Å². The van der Waals surface area contributed by atoms with Crippen LogP contribution in [0.15, 0.2) is 36.4 Å². The summed E-state index contributed by atoms with van der Waals surface area (Å²) in [5.41, 5.74) is 5.24. The van der Waals surface area contributed by atoms with Gasteiger partial charge in [-0.25, -0.2) is 0 Å². The highest BCUT2D eigenvalue weighted by Crippen LogP contribution is 2.40. The fourth-order valence-corrected chi connectivity index (χ4v) is 5.54. The predicted molar refractivity (Wildman–Crippen MR) is 125 cm³/mol. The van der Waals surface area contributed by atoms with Crippen molar-refractivity contribution in [3.63, 3.8) is 0 Å². The van der Waals surface area contributed by atoms with E-state index in [1.807, 2.05) is 24.3 Å². The summed E-state index contributed by atoms with van der Waals surface area (Å²) in [7, 11) is 0. The van der Waals surface area contributed by atoms with Crippen molar-refractivity contribution in [2.24, 2.45) is 0 Å². The minimum absolute atomic E-state index is 0.490. The third kappa shape index (κ3) is 4.27. The minimum Gasteiger partial charge on any atom is -0.394 e. The van der Waals surface area contributed by atoms with E-state index in [0.29, 0.717) is 24.0 Å². The van der Waals surface area contributed by atoms with Crippen molar-refractivity contribution < 1.29 is 50.3 Å². The highest BCUT2D eigenvalue weighted by Gasteiger charge is 2.45. The number of hydrogen-bond acceptors (Lipinski definition) is 10. The molecule has 10 heteroatoms. The fraction of sp³-hybridized carbons (Fsp3) is 0.538. The van der Waals surface area contributed by atoms with E-state index in [9.17, 15) is 40.9 Å². The third-order valence-corrected chi connectivity index (χ3v) is 7.65. The number of benzene rings is 2. The molecule has 0 unspecified atom stereocenters. The average molecular weight is 505 g/mol. The first-order valence-electron chi connectivity index (χ1n) is 12.1. The summed E-state index contributed by atoms with van der Waals surface area (Å²) in [6.45, 7) is -0.979. The summed E-state index contributed by atoms with van der Waals surface area (Å²) in [6.07, 6.45) is -10.8. The first-order chi connectivity index (χ1) is 17.2. The molecular weight excluding hydrogens is 472 g/mol. The van der Waals surface area contributed by atoms with Gasteiger partial charge in [0.05, 0.1) is 13.2 Å². The molecule has 2 fully saturated rings. The number of fused-ring (bicyclic) bond motifs is 3. The van der Waals surface area contributed by atoms with Crippen molar-refractivity contribution in [3.05, 3.63) is 58.7 Å². The van der Waals surface area contributed by atoms with Gasteiger partial charge in [-0.05, 0) is 46.2 Å². The van der Waals surface area contributed by atoms with Crippen LogP contribution in [0.3, 0.4) is 0 Å². The predicted octanol–water partition coefficient (Wildman–Crippen LogP) is -1.52. The number of aliphatic hydroxyl groups excluding tert-OH is 8. The molecule has 10 nitrogen and oxygen atoms in total. The Bertz CT molecular complexity index is 1000. The largest absolute Gasteiger partial charge is 0.394 e. The van der Waals surface area contributed by atoms with Gasteiger partial charge in [-0.2, -0.15) is 0 Å². The van der Waals surface area contributed by atoms with E-state index in [1.54, 1.807) is 12.1 Å². The topological polar surface area (TPSA) is 180 Å². The molecule has 2 aromatic carbocycles. The molecule has 0 bridgehead atoms. The Labute approximate surface area is 207 Å². The van der Waals surface area contributed by atoms with Crippen LogP contribution < -0.4 is 0 Å². The molecule has 1 aliphatic carbocycles. The third-order valence-electron chi connectivity index (χ3n) is 7.65. The molecule has 10 atom stereocenters. The van der Waals surface area contributed by atoms with Crippen LogP contribution in [0.1, 0.15) is 34.5 Å². The van der Waals surface area contributed by atoms with Crippen molar-refractivity contribution >= 4 is 0 Å². The lowest BCUT2D eigenvalue weighted by Gasteiger charge is -2.40. The van der Waals surface area contributed by atoms with E-state index in [2.05, 4.69) is 0 Å². The Morgan fingerprint density at radius 3 is 1.31 bits per heavy atom. The van der Waals surface area contributed by atoms with Gasteiger partial charge >= 0.3 is 0 Å². The van der Waals surface area contributed by atoms with Crippen molar-refractivity contribution in [1.29, 1.82) is 0 Å². The standard InChI is InChI=1S/C26H32O10/c27-9-17-19(29)21(31)23(33)25(35-17)13-3-5-15-11(7-13)1-2-12-8-14(4-6-16(12)15)26-24(34)22(32)20(30)18(10-28)36-26/h3-8,17-34H,1-2,9-10H2/t17-,18-,19-,20-,21+,22+,23+,24+,25-,26-/m1/s1. The summed E-state index contributed by atoms with van der Waals surface area (Å²) >= 11 is 0. The van der Waals surface area contributed by atoms with Crippen molar-refractivity contribution in [1.82, 2.24) is 0 Å². The molecular formula is C26H32O10. The number of aliphatic hydroxyl groups is 8. The maximum absolute atomic E-state index is 10.5. The molecule has 2 heterocycles. The molecule has 2 saturated heterocycles. The van der Waals surface area contributed by atoms with Crippen LogP contribution in [-0.4, -0.2) is 103 Å². The molecule has 196 valence electrons. The Morgan fingerprint density at radius 2 is 0.944 bits per heavy atom. The maximum atomic E-state index is 10.5. The second-order valence-corrected chi connectivity index (χ2v) is 9.83. The van der Waals surface area contributed by atoms with E-state index in [1.165, 1.54) is 0 Å². The van der Waals surface area contributed by atoms with Gasteiger partial charge in [0, 0.05) is 0 Å². The van der Waals surface area contributed by atoms with Gasteiger partial charge in [-0.1, -0.05) is 36.4 Å². The summed E-state index contributed by atoms with van der Waals surface area (Å²) < 4.78 is 11.4. The van der Waals surface area contributed by atoms with E-state index in [4.69, 9.17) is 9.47 Å². The normalized spacial score (nSPS) is 38.3. The second kappa shape index (κ2) is 10.1. The first kappa shape index (κ1) is 25.7. The lowest BCUT2D eigenvalue weighted by atomic mass is 9.81. The molecule has 0 spiro atoms. The zero-order chi connectivity index (χ0) is 25.7. The van der Waals surface area contributed by atoms with Gasteiger partial charge in [0.25, 0.3) is 0 Å². The fourth-order valence-electron chi connectivity index (χ4n) is 5.54. The summed E-state index contributed by atoms with van der Waals surface area (Å²) in [6, 6.07) is 11.2. The lowest BCUT2D eigenvalue weighted by Crippen LogP contribution is -2.55. The van der Waals surface area contributed by atoms with E-state index >= 15 is 0 Å². The van der Waals surface area contributed by atoms with Crippen LogP contribution in [0.25, 0.3) is 11.1 Å². The molecule has 0 aromatic heterocycles. The van der Waals surface area contributed by atoms with Crippen LogP contribution >= 0.6 is 0 Å². The zero-order valence-corrected chi connectivity index (χ0v) is 19.5. The lowest BCUT2D eigenvalue weighted by molar-refractivity contribution is -0.231. The van der Waals surface area contributed by atoms with Gasteiger partial charge in [0.15, 0.2) is 0 Å². The number of rotatable bonds is 4. The Kier molecular flexibility index (Phi) is 7.18.